The number of aromatic carboxylic acids is 1. The molecule has 1 aromatic rings. The number of hydrogen-bond acceptors (Lipinski definition) is 4. The quantitative estimate of drug-likeness (QED) is 0.688. The molecular weight excluding hydrogens is 293 g/mol. The summed E-state index contributed by atoms with van der Waals surface area (Å²) in [6.07, 6.45) is -4.65. The van der Waals surface area contributed by atoms with Gasteiger partial charge >= 0.3 is 12.1 Å². The Balaban J connectivity index is 2.96. The Hall–Kier alpha value is -2.13. The topological polar surface area (TPSA) is 102 Å². The summed E-state index contributed by atoms with van der Waals surface area (Å²) in [7, 11) is 0. The number of amides is 1. The monoisotopic (exact) mass is 306 g/mol. The number of nitrogens with one attached hydrogen (secondary N) is 1. The molecule has 0 unspecified atom stereocenters. The summed E-state index contributed by atoms with van der Waals surface area (Å²) >= 11 is 0. The molecule has 0 saturated heterocycles. The molecule has 1 aromatic carbocycles. The van der Waals surface area contributed by atoms with Gasteiger partial charge in [-0.15, -0.1) is 0 Å². The van der Waals surface area contributed by atoms with E-state index in [0.717, 1.165) is 6.07 Å². The van der Waals surface area contributed by atoms with Crippen molar-refractivity contribution in [2.45, 2.75) is 6.18 Å². The van der Waals surface area contributed by atoms with Gasteiger partial charge in [-0.2, -0.15) is 13.2 Å². The molecule has 0 spiro atoms. The average Bonchev–Trinajstić information content (AvgIpc) is 2.37. The Bertz CT molecular complexity index is 532. The number of carbonyl (C=O) groups excluding carboxylic acids is 1. The molecule has 0 aliphatic carbocycles. The van der Waals surface area contributed by atoms with E-state index in [1.807, 2.05) is 0 Å². The lowest BCUT2D eigenvalue weighted by Gasteiger charge is -2.12. The number of ether oxygens (including phenoxy) is 1. The molecule has 116 valence electrons. The second-order valence-corrected chi connectivity index (χ2v) is 3.95. The van der Waals surface area contributed by atoms with E-state index in [1.54, 1.807) is 0 Å². The zero-order valence-corrected chi connectivity index (χ0v) is 10.7. The Labute approximate surface area is 117 Å². The fourth-order valence-corrected chi connectivity index (χ4v) is 1.44. The van der Waals surface area contributed by atoms with Gasteiger partial charge in [-0.3, -0.25) is 4.79 Å². The molecule has 0 aliphatic rings. The van der Waals surface area contributed by atoms with E-state index in [9.17, 15) is 22.8 Å². The molecule has 0 fully saturated rings. The van der Waals surface area contributed by atoms with Gasteiger partial charge in [0.15, 0.2) is 0 Å². The summed E-state index contributed by atoms with van der Waals surface area (Å²) in [5.41, 5.74) is 3.18. The lowest BCUT2D eigenvalue weighted by atomic mass is 10.1. The molecule has 0 bridgehead atoms. The van der Waals surface area contributed by atoms with Crippen LogP contribution in [0.15, 0.2) is 18.2 Å². The number of benzene rings is 1. The minimum atomic E-state index is -4.65. The number of halogens is 3. The summed E-state index contributed by atoms with van der Waals surface area (Å²) in [5, 5.41) is 11.0. The van der Waals surface area contributed by atoms with Crippen LogP contribution < -0.4 is 11.1 Å². The second kappa shape index (κ2) is 7.04. The first-order valence-electron chi connectivity index (χ1n) is 5.78. The van der Waals surface area contributed by atoms with E-state index in [4.69, 9.17) is 15.6 Å². The van der Waals surface area contributed by atoms with Gasteiger partial charge in [0, 0.05) is 6.54 Å². The number of carbonyl (C=O) groups is 2. The van der Waals surface area contributed by atoms with Gasteiger partial charge in [0.05, 0.1) is 23.4 Å². The maximum atomic E-state index is 12.6. The minimum absolute atomic E-state index is 0.0990. The fourth-order valence-electron chi connectivity index (χ4n) is 1.44. The maximum Gasteiger partial charge on any atom is 0.416 e. The van der Waals surface area contributed by atoms with E-state index in [0.29, 0.717) is 12.1 Å². The van der Waals surface area contributed by atoms with E-state index in [2.05, 4.69) is 5.32 Å². The van der Waals surface area contributed by atoms with Crippen molar-refractivity contribution in [3.8, 4) is 0 Å². The highest BCUT2D eigenvalue weighted by molar-refractivity contribution is 6.01. The maximum absolute atomic E-state index is 12.6. The van der Waals surface area contributed by atoms with E-state index < -0.39 is 41.5 Å². The molecule has 0 aromatic heterocycles. The van der Waals surface area contributed by atoms with E-state index in [1.165, 1.54) is 0 Å². The van der Waals surface area contributed by atoms with Crippen LogP contribution in [0.1, 0.15) is 15.9 Å². The largest absolute Gasteiger partial charge is 0.478 e. The highest BCUT2D eigenvalue weighted by Crippen LogP contribution is 2.32. The normalized spacial score (nSPS) is 11.2. The molecule has 4 N–H and O–H groups in total. The van der Waals surface area contributed by atoms with Crippen LogP contribution in [0.2, 0.25) is 0 Å². The summed E-state index contributed by atoms with van der Waals surface area (Å²) in [6.45, 7) is -0.161. The zero-order valence-electron chi connectivity index (χ0n) is 10.7. The number of hydrogen-bond donors (Lipinski definition) is 3. The molecular formula is C12H13F3N2O4. The molecule has 0 aliphatic heterocycles. The van der Waals surface area contributed by atoms with Gasteiger partial charge in [0.25, 0.3) is 0 Å². The summed E-state index contributed by atoms with van der Waals surface area (Å²) in [4.78, 5) is 22.4. The van der Waals surface area contributed by atoms with Gasteiger partial charge < -0.3 is 20.9 Å². The third kappa shape index (κ3) is 5.04. The Kier molecular flexibility index (Phi) is 5.68. The van der Waals surface area contributed by atoms with Crippen molar-refractivity contribution in [2.75, 3.05) is 25.1 Å². The fraction of sp³-hybridized carbons (Fsp3) is 0.333. The summed E-state index contributed by atoms with van der Waals surface area (Å²) < 4.78 is 42.6. The molecule has 9 heteroatoms. The van der Waals surface area contributed by atoms with Crippen LogP contribution in [0.3, 0.4) is 0 Å². The Morgan fingerprint density at radius 2 is 2.00 bits per heavy atom. The van der Waals surface area contributed by atoms with E-state index >= 15 is 0 Å². The lowest BCUT2D eigenvalue weighted by molar-refractivity contribution is -0.137. The first kappa shape index (κ1) is 16.9. The Morgan fingerprint density at radius 3 is 2.52 bits per heavy atom. The number of nitrogens with two attached hydrogens (primary N) is 1. The van der Waals surface area contributed by atoms with Gasteiger partial charge in [-0.05, 0) is 18.2 Å². The van der Waals surface area contributed by atoms with Crippen LogP contribution in [-0.4, -0.2) is 36.7 Å². The van der Waals surface area contributed by atoms with Crippen LogP contribution in [0.4, 0.5) is 18.9 Å². The minimum Gasteiger partial charge on any atom is -0.478 e. The van der Waals surface area contributed by atoms with Crippen LogP contribution in [0.25, 0.3) is 0 Å². The number of anilines is 1. The molecule has 6 nitrogen and oxygen atoms in total. The van der Waals surface area contributed by atoms with Crippen molar-refractivity contribution in [1.29, 1.82) is 0 Å². The standard InChI is InChI=1S/C12H13F3N2O4/c13-12(14,15)7-1-2-8(11(19)20)9(5-7)17-10(18)6-21-4-3-16/h1-2,5H,3-4,6,16H2,(H,17,18)(H,19,20). The Morgan fingerprint density at radius 1 is 1.33 bits per heavy atom. The van der Waals surface area contributed by atoms with Crippen LogP contribution in [0, 0.1) is 0 Å². The van der Waals surface area contributed by atoms with Gasteiger partial charge in [-0.25, -0.2) is 4.79 Å². The summed E-state index contributed by atoms with van der Waals surface area (Å²) in [5.74, 6) is -2.23. The van der Waals surface area contributed by atoms with Crippen LogP contribution in [-0.2, 0) is 15.7 Å². The van der Waals surface area contributed by atoms with Crippen molar-refractivity contribution in [1.82, 2.24) is 0 Å². The second-order valence-electron chi connectivity index (χ2n) is 3.95. The van der Waals surface area contributed by atoms with Crippen molar-refractivity contribution in [3.63, 3.8) is 0 Å². The third-order valence-electron chi connectivity index (χ3n) is 2.35. The van der Waals surface area contributed by atoms with Crippen LogP contribution in [0.5, 0.6) is 0 Å². The number of carboxylic acids is 1. The summed E-state index contributed by atoms with van der Waals surface area (Å²) in [6, 6.07) is 1.97. The molecule has 0 atom stereocenters. The molecule has 0 heterocycles. The van der Waals surface area contributed by atoms with Crippen molar-refractivity contribution < 1.29 is 32.6 Å². The predicted molar refractivity (Wildman–Crippen MR) is 66.9 cm³/mol. The average molecular weight is 306 g/mol. The third-order valence-corrected chi connectivity index (χ3v) is 2.35. The predicted octanol–water partition coefficient (Wildman–Crippen LogP) is 1.32. The number of alkyl halides is 3. The molecule has 0 radical (unpaired) electrons. The highest BCUT2D eigenvalue weighted by atomic mass is 19.4. The van der Waals surface area contributed by atoms with Gasteiger partial charge in [-0.1, -0.05) is 0 Å². The van der Waals surface area contributed by atoms with Crippen molar-refractivity contribution >= 4 is 17.6 Å². The molecule has 0 saturated carbocycles. The van der Waals surface area contributed by atoms with Crippen LogP contribution >= 0.6 is 0 Å². The highest BCUT2D eigenvalue weighted by Gasteiger charge is 2.31. The van der Waals surface area contributed by atoms with Crippen molar-refractivity contribution in [2.24, 2.45) is 5.73 Å². The number of rotatable bonds is 6. The first-order valence-corrected chi connectivity index (χ1v) is 5.78. The lowest BCUT2D eigenvalue weighted by Crippen LogP contribution is -2.22. The van der Waals surface area contributed by atoms with Gasteiger partial charge in [0.2, 0.25) is 5.91 Å². The zero-order chi connectivity index (χ0) is 16.0. The van der Waals surface area contributed by atoms with E-state index in [-0.39, 0.29) is 13.2 Å². The molecule has 21 heavy (non-hydrogen) atoms. The number of carboxylic acid groups (broad SMARTS) is 1. The first-order chi connectivity index (χ1) is 9.75. The molecule has 1 rings (SSSR count). The molecule has 1 amide bonds. The van der Waals surface area contributed by atoms with Crippen molar-refractivity contribution in [3.05, 3.63) is 29.3 Å². The van der Waals surface area contributed by atoms with Gasteiger partial charge in [0.1, 0.15) is 6.61 Å². The SMILES string of the molecule is NCCOCC(=O)Nc1cc(C(F)(F)F)ccc1C(=O)O. The smallest absolute Gasteiger partial charge is 0.416 e.